The zero-order valence-electron chi connectivity index (χ0n) is 10.2. The largest absolute Gasteiger partial charge is 0.355 e. The van der Waals surface area contributed by atoms with Gasteiger partial charge in [-0.2, -0.15) is 4.52 Å². The summed E-state index contributed by atoms with van der Waals surface area (Å²) in [6.07, 6.45) is 5.88. The minimum absolute atomic E-state index is 0.585. The van der Waals surface area contributed by atoms with Gasteiger partial charge in [-0.15, -0.1) is 5.10 Å². The first-order valence-corrected chi connectivity index (χ1v) is 7.08. The van der Waals surface area contributed by atoms with Crippen LogP contribution in [0.15, 0.2) is 12.4 Å². The van der Waals surface area contributed by atoms with E-state index in [1.165, 1.54) is 12.8 Å². The minimum Gasteiger partial charge on any atom is -0.355 e. The quantitative estimate of drug-likeness (QED) is 0.787. The average Bonchev–Trinajstić information content (AvgIpc) is 2.87. The lowest BCUT2D eigenvalue weighted by Crippen LogP contribution is -2.37. The first-order valence-electron chi connectivity index (χ1n) is 6.17. The van der Waals surface area contributed by atoms with Gasteiger partial charge in [0.1, 0.15) is 0 Å². The maximum Gasteiger partial charge on any atom is 0.199 e. The van der Waals surface area contributed by atoms with Crippen LogP contribution in [0.1, 0.15) is 19.8 Å². The van der Waals surface area contributed by atoms with Crippen LogP contribution in [0.4, 0.5) is 5.82 Å². The van der Waals surface area contributed by atoms with E-state index in [2.05, 4.69) is 48.3 Å². The van der Waals surface area contributed by atoms with Crippen LogP contribution < -0.4 is 4.90 Å². The second kappa shape index (κ2) is 4.79. The van der Waals surface area contributed by atoms with Crippen molar-refractivity contribution in [3.63, 3.8) is 0 Å². The summed E-state index contributed by atoms with van der Waals surface area (Å²) in [4.78, 5) is 7.09. The number of anilines is 1. The summed E-state index contributed by atoms with van der Waals surface area (Å²) in [7, 11) is 0. The summed E-state index contributed by atoms with van der Waals surface area (Å²) >= 11 is 3.68. The van der Waals surface area contributed by atoms with E-state index in [0.717, 1.165) is 24.8 Å². The van der Waals surface area contributed by atoms with E-state index in [-0.39, 0.29) is 0 Å². The Labute approximate surface area is 114 Å². The number of aromatic nitrogens is 5. The Morgan fingerprint density at radius 2 is 2.11 bits per heavy atom. The number of fused-ring (bicyclic) bond motifs is 1. The molecule has 0 aliphatic carbocycles. The van der Waals surface area contributed by atoms with Gasteiger partial charge in [0.25, 0.3) is 0 Å². The molecule has 0 bridgehead atoms. The molecule has 1 unspecified atom stereocenters. The maximum absolute atomic E-state index is 4.20. The van der Waals surface area contributed by atoms with Crippen LogP contribution in [-0.2, 0) is 0 Å². The number of halogens is 1. The highest BCUT2D eigenvalue weighted by Gasteiger charge is 2.24. The topological polar surface area (TPSA) is 59.2 Å². The average molecular weight is 311 g/mol. The van der Waals surface area contributed by atoms with Gasteiger partial charge in [0.15, 0.2) is 11.5 Å². The first-order chi connectivity index (χ1) is 8.75. The SMILES string of the molecule is CC(Br)C1CCN(c2cncc3nnnn23)CC1. The van der Waals surface area contributed by atoms with Gasteiger partial charge in [-0.25, -0.2) is 0 Å². The summed E-state index contributed by atoms with van der Waals surface area (Å²) in [6, 6.07) is 0. The molecule has 18 heavy (non-hydrogen) atoms. The summed E-state index contributed by atoms with van der Waals surface area (Å²) in [5.74, 6) is 1.74. The van der Waals surface area contributed by atoms with Crippen LogP contribution in [0.2, 0.25) is 0 Å². The number of hydrogen-bond donors (Lipinski definition) is 0. The van der Waals surface area contributed by atoms with Crippen molar-refractivity contribution in [2.75, 3.05) is 18.0 Å². The van der Waals surface area contributed by atoms with Gasteiger partial charge in [-0.05, 0) is 29.2 Å². The number of rotatable bonds is 2. The Hall–Kier alpha value is -1.24. The van der Waals surface area contributed by atoms with Gasteiger partial charge >= 0.3 is 0 Å². The monoisotopic (exact) mass is 310 g/mol. The van der Waals surface area contributed by atoms with Gasteiger partial charge in [-0.3, -0.25) is 4.98 Å². The molecular weight excluding hydrogens is 296 g/mol. The van der Waals surface area contributed by atoms with Gasteiger partial charge < -0.3 is 4.90 Å². The maximum atomic E-state index is 4.20. The Balaban J connectivity index is 1.82. The van der Waals surface area contributed by atoms with Crippen molar-refractivity contribution >= 4 is 27.4 Å². The van der Waals surface area contributed by atoms with Crippen LogP contribution in [0, 0.1) is 5.92 Å². The van der Waals surface area contributed by atoms with Gasteiger partial charge in [0, 0.05) is 17.9 Å². The molecule has 1 saturated heterocycles. The van der Waals surface area contributed by atoms with E-state index >= 15 is 0 Å². The van der Waals surface area contributed by atoms with Crippen molar-refractivity contribution in [1.29, 1.82) is 0 Å². The lowest BCUT2D eigenvalue weighted by atomic mass is 9.94. The van der Waals surface area contributed by atoms with Crippen LogP contribution in [-0.4, -0.2) is 42.9 Å². The number of nitrogens with zero attached hydrogens (tertiary/aromatic N) is 6. The van der Waals surface area contributed by atoms with Gasteiger partial charge in [0.2, 0.25) is 0 Å². The Kier molecular flexibility index (Phi) is 3.15. The van der Waals surface area contributed by atoms with Gasteiger partial charge in [0.05, 0.1) is 12.4 Å². The van der Waals surface area contributed by atoms with Crippen molar-refractivity contribution in [2.45, 2.75) is 24.6 Å². The molecule has 0 N–H and O–H groups in total. The molecule has 1 aliphatic rings. The van der Waals surface area contributed by atoms with Crippen LogP contribution in [0.25, 0.3) is 5.65 Å². The van der Waals surface area contributed by atoms with E-state index in [1.54, 1.807) is 10.7 Å². The minimum atomic E-state index is 0.585. The number of hydrogen-bond acceptors (Lipinski definition) is 5. The molecule has 3 rings (SSSR count). The molecular formula is C11H15BrN6. The lowest BCUT2D eigenvalue weighted by Gasteiger charge is -2.34. The molecule has 0 radical (unpaired) electrons. The zero-order valence-corrected chi connectivity index (χ0v) is 11.8. The number of alkyl halides is 1. The molecule has 96 valence electrons. The van der Waals surface area contributed by atoms with Crippen LogP contribution >= 0.6 is 15.9 Å². The third kappa shape index (κ3) is 2.07. The molecule has 6 nitrogen and oxygen atoms in total. The summed E-state index contributed by atoms with van der Waals surface area (Å²) in [5, 5.41) is 11.6. The van der Waals surface area contributed by atoms with E-state index in [1.807, 2.05) is 6.20 Å². The van der Waals surface area contributed by atoms with Crippen LogP contribution in [0.3, 0.4) is 0 Å². The van der Waals surface area contributed by atoms with E-state index in [9.17, 15) is 0 Å². The summed E-state index contributed by atoms with van der Waals surface area (Å²) in [5.41, 5.74) is 0.698. The second-order valence-electron chi connectivity index (χ2n) is 4.72. The summed E-state index contributed by atoms with van der Waals surface area (Å²) < 4.78 is 1.75. The van der Waals surface area contributed by atoms with Crippen molar-refractivity contribution < 1.29 is 0 Å². The van der Waals surface area contributed by atoms with E-state index in [4.69, 9.17) is 0 Å². The zero-order chi connectivity index (χ0) is 12.5. The molecule has 0 spiro atoms. The first kappa shape index (κ1) is 11.8. The second-order valence-corrected chi connectivity index (χ2v) is 6.16. The number of piperidine rings is 1. The molecule has 0 amide bonds. The smallest absolute Gasteiger partial charge is 0.199 e. The highest BCUT2D eigenvalue weighted by Crippen LogP contribution is 2.27. The standard InChI is InChI=1S/C11H15BrN6/c1-8(12)9-2-4-17(5-3-9)11-7-13-6-10-14-15-16-18(10)11/h6-9H,2-5H2,1H3. The highest BCUT2D eigenvalue weighted by molar-refractivity contribution is 9.09. The predicted octanol–water partition coefficient (Wildman–Crippen LogP) is 1.52. The molecule has 1 aliphatic heterocycles. The Morgan fingerprint density at radius 1 is 1.33 bits per heavy atom. The van der Waals surface area contributed by atoms with Gasteiger partial charge in [-0.1, -0.05) is 22.9 Å². The van der Waals surface area contributed by atoms with E-state index < -0.39 is 0 Å². The molecule has 1 atom stereocenters. The Bertz CT molecular complexity index is 531. The molecule has 2 aromatic heterocycles. The van der Waals surface area contributed by atoms with Crippen LogP contribution in [0.5, 0.6) is 0 Å². The van der Waals surface area contributed by atoms with E-state index in [0.29, 0.717) is 10.5 Å². The van der Waals surface area contributed by atoms with Crippen molar-refractivity contribution in [3.8, 4) is 0 Å². The van der Waals surface area contributed by atoms with Crippen molar-refractivity contribution in [3.05, 3.63) is 12.4 Å². The highest BCUT2D eigenvalue weighted by atomic mass is 79.9. The molecule has 0 saturated carbocycles. The van der Waals surface area contributed by atoms with Crippen molar-refractivity contribution in [1.82, 2.24) is 25.0 Å². The lowest BCUT2D eigenvalue weighted by molar-refractivity contribution is 0.404. The Morgan fingerprint density at radius 3 is 2.83 bits per heavy atom. The molecule has 7 heteroatoms. The fourth-order valence-corrected chi connectivity index (χ4v) is 3.00. The normalized spacial score (nSPS) is 19.3. The predicted molar refractivity (Wildman–Crippen MR) is 71.9 cm³/mol. The fraction of sp³-hybridized carbons (Fsp3) is 0.636. The number of tetrazole rings is 1. The molecule has 2 aromatic rings. The molecule has 3 heterocycles. The summed E-state index contributed by atoms with van der Waals surface area (Å²) in [6.45, 7) is 4.28. The fourth-order valence-electron chi connectivity index (χ4n) is 2.47. The molecule has 0 aromatic carbocycles. The third-order valence-corrected chi connectivity index (χ3v) is 4.35. The molecule has 1 fully saturated rings. The third-order valence-electron chi connectivity index (χ3n) is 3.60. The van der Waals surface area contributed by atoms with Crippen molar-refractivity contribution in [2.24, 2.45) is 5.92 Å².